The predicted molar refractivity (Wildman–Crippen MR) is 128 cm³/mol. The van der Waals surface area contributed by atoms with E-state index in [0.717, 1.165) is 27.9 Å². The SMILES string of the molecule is COCCN(CC(=O)Nc1cccc(C)c1C)C(=O)CC1c2ccccc2C=CN1C(C)=O. The van der Waals surface area contributed by atoms with Crippen molar-refractivity contribution in [3.63, 3.8) is 0 Å². The van der Waals surface area contributed by atoms with Gasteiger partial charge in [0.2, 0.25) is 17.7 Å². The van der Waals surface area contributed by atoms with Gasteiger partial charge in [-0.25, -0.2) is 0 Å². The van der Waals surface area contributed by atoms with E-state index in [-0.39, 0.29) is 37.2 Å². The van der Waals surface area contributed by atoms with Gasteiger partial charge in [0, 0.05) is 32.5 Å². The van der Waals surface area contributed by atoms with E-state index in [1.807, 2.05) is 62.4 Å². The monoisotopic (exact) mass is 449 g/mol. The topological polar surface area (TPSA) is 79.0 Å². The van der Waals surface area contributed by atoms with Gasteiger partial charge in [0.1, 0.15) is 0 Å². The molecule has 2 aromatic rings. The Hall–Kier alpha value is -3.45. The second kappa shape index (κ2) is 10.9. The van der Waals surface area contributed by atoms with Crippen LogP contribution in [0.25, 0.3) is 6.08 Å². The highest BCUT2D eigenvalue weighted by Gasteiger charge is 2.30. The van der Waals surface area contributed by atoms with E-state index in [0.29, 0.717) is 6.61 Å². The molecule has 0 aromatic heterocycles. The number of benzene rings is 2. The first kappa shape index (κ1) is 24.2. The first-order valence-electron chi connectivity index (χ1n) is 11.0. The number of carbonyl (C=O) groups is 3. The molecule has 174 valence electrons. The van der Waals surface area contributed by atoms with E-state index in [9.17, 15) is 14.4 Å². The van der Waals surface area contributed by atoms with E-state index in [2.05, 4.69) is 5.32 Å². The number of nitrogens with zero attached hydrogens (tertiary/aromatic N) is 2. The van der Waals surface area contributed by atoms with Gasteiger partial charge >= 0.3 is 0 Å². The van der Waals surface area contributed by atoms with Gasteiger partial charge in [-0.05, 0) is 48.2 Å². The number of methoxy groups -OCH3 is 1. The summed E-state index contributed by atoms with van der Waals surface area (Å²) < 4.78 is 5.16. The minimum absolute atomic E-state index is 0.0708. The van der Waals surface area contributed by atoms with Crippen LogP contribution in [0, 0.1) is 13.8 Å². The zero-order chi connectivity index (χ0) is 24.0. The molecule has 0 saturated heterocycles. The van der Waals surface area contributed by atoms with Crippen molar-refractivity contribution >= 4 is 29.5 Å². The molecule has 0 bridgehead atoms. The molecule has 1 aliphatic rings. The molecule has 0 radical (unpaired) electrons. The Morgan fingerprint density at radius 3 is 2.58 bits per heavy atom. The molecule has 0 fully saturated rings. The maximum Gasteiger partial charge on any atom is 0.244 e. The van der Waals surface area contributed by atoms with Crippen LogP contribution in [0.5, 0.6) is 0 Å². The Balaban J connectivity index is 1.77. The van der Waals surface area contributed by atoms with Crippen molar-refractivity contribution in [3.8, 4) is 0 Å². The van der Waals surface area contributed by atoms with Crippen molar-refractivity contribution < 1.29 is 19.1 Å². The number of nitrogens with one attached hydrogen (secondary N) is 1. The molecular formula is C26H31N3O4. The lowest BCUT2D eigenvalue weighted by atomic mass is 9.93. The number of rotatable bonds is 8. The number of hydrogen-bond donors (Lipinski definition) is 1. The highest BCUT2D eigenvalue weighted by atomic mass is 16.5. The number of fused-ring (bicyclic) bond motifs is 1. The molecule has 1 atom stereocenters. The Morgan fingerprint density at radius 1 is 1.09 bits per heavy atom. The van der Waals surface area contributed by atoms with Gasteiger partial charge in [0.25, 0.3) is 0 Å². The summed E-state index contributed by atoms with van der Waals surface area (Å²) in [6, 6.07) is 13.0. The number of carbonyl (C=O) groups excluding carboxylic acids is 3. The smallest absolute Gasteiger partial charge is 0.244 e. The standard InChI is InChI=1S/C26H31N3O4/c1-18-8-7-11-23(19(18)2)27-25(31)17-28(14-15-33-4)26(32)16-24-22-10-6-5-9-21(22)12-13-29(24)20(3)30/h5-13,24H,14-17H2,1-4H3,(H,27,31). The molecule has 1 N–H and O–H groups in total. The lowest BCUT2D eigenvalue weighted by molar-refractivity contribution is -0.137. The lowest BCUT2D eigenvalue weighted by Gasteiger charge is -2.33. The van der Waals surface area contributed by atoms with Crippen LogP contribution < -0.4 is 5.32 Å². The first-order valence-corrected chi connectivity index (χ1v) is 11.0. The van der Waals surface area contributed by atoms with Crippen molar-refractivity contribution in [1.82, 2.24) is 9.80 Å². The van der Waals surface area contributed by atoms with E-state index in [1.165, 1.54) is 11.8 Å². The maximum atomic E-state index is 13.3. The van der Waals surface area contributed by atoms with Crippen LogP contribution in [-0.4, -0.2) is 54.3 Å². The van der Waals surface area contributed by atoms with E-state index in [4.69, 9.17) is 4.74 Å². The number of hydrogen-bond acceptors (Lipinski definition) is 4. The van der Waals surface area contributed by atoms with E-state index >= 15 is 0 Å². The van der Waals surface area contributed by atoms with Crippen LogP contribution in [0.2, 0.25) is 0 Å². The fourth-order valence-electron chi connectivity index (χ4n) is 3.95. The average molecular weight is 450 g/mol. The summed E-state index contributed by atoms with van der Waals surface area (Å²) >= 11 is 0. The van der Waals surface area contributed by atoms with Crippen LogP contribution in [0.1, 0.15) is 41.6 Å². The molecule has 1 heterocycles. The lowest BCUT2D eigenvalue weighted by Crippen LogP contribution is -2.42. The molecule has 0 aliphatic carbocycles. The Morgan fingerprint density at radius 2 is 1.85 bits per heavy atom. The summed E-state index contributed by atoms with van der Waals surface area (Å²) in [4.78, 5) is 41.4. The van der Waals surface area contributed by atoms with Gasteiger partial charge in [0.15, 0.2) is 0 Å². The summed E-state index contributed by atoms with van der Waals surface area (Å²) in [5.41, 5.74) is 4.68. The summed E-state index contributed by atoms with van der Waals surface area (Å²) in [6.45, 7) is 5.90. The van der Waals surface area contributed by atoms with Crippen molar-refractivity contribution in [2.24, 2.45) is 0 Å². The molecule has 3 rings (SSSR count). The predicted octanol–water partition coefficient (Wildman–Crippen LogP) is 3.68. The first-order chi connectivity index (χ1) is 15.8. The largest absolute Gasteiger partial charge is 0.383 e. The third-order valence-electron chi connectivity index (χ3n) is 5.97. The molecule has 3 amide bonds. The van der Waals surface area contributed by atoms with Crippen LogP contribution in [0.3, 0.4) is 0 Å². The summed E-state index contributed by atoms with van der Waals surface area (Å²) in [6.07, 6.45) is 3.66. The van der Waals surface area contributed by atoms with Gasteiger partial charge in [-0.3, -0.25) is 14.4 Å². The summed E-state index contributed by atoms with van der Waals surface area (Å²) in [7, 11) is 1.55. The third-order valence-corrected chi connectivity index (χ3v) is 5.97. The fraction of sp³-hybridized carbons (Fsp3) is 0.346. The summed E-state index contributed by atoms with van der Waals surface area (Å²) in [5.74, 6) is -0.639. The van der Waals surface area contributed by atoms with E-state index in [1.54, 1.807) is 18.2 Å². The molecule has 2 aromatic carbocycles. The average Bonchev–Trinajstić information content (AvgIpc) is 2.79. The number of ether oxygens (including phenoxy) is 1. The van der Waals surface area contributed by atoms with Crippen LogP contribution in [0.4, 0.5) is 5.69 Å². The highest BCUT2D eigenvalue weighted by molar-refractivity contribution is 5.95. The fourth-order valence-corrected chi connectivity index (χ4v) is 3.95. The zero-order valence-corrected chi connectivity index (χ0v) is 19.6. The minimum atomic E-state index is -0.427. The van der Waals surface area contributed by atoms with Gasteiger partial charge in [-0.2, -0.15) is 0 Å². The Labute approximate surface area is 195 Å². The second-order valence-corrected chi connectivity index (χ2v) is 8.19. The summed E-state index contributed by atoms with van der Waals surface area (Å²) in [5, 5.41) is 2.91. The highest BCUT2D eigenvalue weighted by Crippen LogP contribution is 2.33. The molecule has 7 nitrogen and oxygen atoms in total. The number of amides is 3. The van der Waals surface area contributed by atoms with Gasteiger partial charge in [0.05, 0.1) is 25.6 Å². The van der Waals surface area contributed by atoms with Crippen molar-refractivity contribution in [1.29, 1.82) is 0 Å². The van der Waals surface area contributed by atoms with Gasteiger partial charge in [-0.15, -0.1) is 0 Å². The minimum Gasteiger partial charge on any atom is -0.383 e. The van der Waals surface area contributed by atoms with Crippen molar-refractivity contribution in [3.05, 3.63) is 70.9 Å². The normalized spacial score (nSPS) is 14.5. The molecular weight excluding hydrogens is 418 g/mol. The molecule has 7 heteroatoms. The Kier molecular flexibility index (Phi) is 8.01. The van der Waals surface area contributed by atoms with Gasteiger partial charge in [-0.1, -0.05) is 36.4 Å². The van der Waals surface area contributed by atoms with Crippen LogP contribution >= 0.6 is 0 Å². The van der Waals surface area contributed by atoms with Gasteiger partial charge < -0.3 is 19.9 Å². The van der Waals surface area contributed by atoms with Crippen molar-refractivity contribution in [2.75, 3.05) is 32.1 Å². The zero-order valence-electron chi connectivity index (χ0n) is 19.6. The van der Waals surface area contributed by atoms with Crippen LogP contribution in [0.15, 0.2) is 48.7 Å². The van der Waals surface area contributed by atoms with Crippen molar-refractivity contribution in [2.45, 2.75) is 33.2 Å². The van der Waals surface area contributed by atoms with E-state index < -0.39 is 6.04 Å². The molecule has 0 saturated carbocycles. The maximum absolute atomic E-state index is 13.3. The number of aryl methyl sites for hydroxylation is 1. The quantitative estimate of drug-likeness (QED) is 0.667. The molecule has 1 aliphatic heterocycles. The molecule has 0 spiro atoms. The molecule has 1 unspecified atom stereocenters. The van der Waals surface area contributed by atoms with Crippen LogP contribution in [-0.2, 0) is 19.1 Å². The number of anilines is 1. The Bertz CT molecular complexity index is 1060. The second-order valence-electron chi connectivity index (χ2n) is 8.19. The third kappa shape index (κ3) is 5.87. The molecule has 33 heavy (non-hydrogen) atoms.